The van der Waals surface area contributed by atoms with Crippen molar-refractivity contribution in [1.29, 1.82) is 0 Å². The number of aryl methyl sites for hydroxylation is 1. The first-order valence-corrected chi connectivity index (χ1v) is 6.11. The third-order valence-corrected chi connectivity index (χ3v) is 3.52. The van der Waals surface area contributed by atoms with Crippen molar-refractivity contribution in [3.63, 3.8) is 0 Å². The Morgan fingerprint density at radius 2 is 1.78 bits per heavy atom. The molecule has 0 saturated carbocycles. The van der Waals surface area contributed by atoms with Crippen LogP contribution in [0.15, 0.2) is 12.1 Å². The molecule has 1 aromatic carbocycles. The van der Waals surface area contributed by atoms with Gasteiger partial charge in [-0.15, -0.1) is 0 Å². The van der Waals surface area contributed by atoms with E-state index in [9.17, 15) is 13.6 Å². The molecule has 0 bridgehead atoms. The van der Waals surface area contributed by atoms with E-state index in [4.69, 9.17) is 0 Å². The molecule has 0 aromatic heterocycles. The molecular weight excluding hydrogens is 234 g/mol. The molecule has 3 heteroatoms. The molecule has 0 aliphatic carbocycles. The molecule has 0 amide bonds. The highest BCUT2D eigenvalue weighted by Crippen LogP contribution is 2.29. The molecule has 1 atom stereocenters. The average Bonchev–Trinajstić information content (AvgIpc) is 2.21. The predicted molar refractivity (Wildman–Crippen MR) is 68.7 cm³/mol. The monoisotopic (exact) mass is 254 g/mol. The highest BCUT2D eigenvalue weighted by Gasteiger charge is 2.24. The molecule has 0 radical (unpaired) electrons. The Morgan fingerprint density at radius 3 is 2.28 bits per heavy atom. The van der Waals surface area contributed by atoms with Crippen molar-refractivity contribution in [3.8, 4) is 0 Å². The summed E-state index contributed by atoms with van der Waals surface area (Å²) in [5.74, 6) is -1.52. The van der Waals surface area contributed by atoms with Crippen molar-refractivity contribution in [1.82, 2.24) is 0 Å². The Hall–Kier alpha value is -1.25. The van der Waals surface area contributed by atoms with E-state index in [0.29, 0.717) is 5.56 Å². The first-order valence-electron chi connectivity index (χ1n) is 6.11. The van der Waals surface area contributed by atoms with Crippen LogP contribution in [-0.2, 0) is 0 Å². The normalized spacial score (nSPS) is 13.5. The summed E-state index contributed by atoms with van der Waals surface area (Å²) < 4.78 is 26.7. The van der Waals surface area contributed by atoms with Crippen LogP contribution in [-0.4, -0.2) is 5.78 Å². The predicted octanol–water partition coefficient (Wildman–Crippen LogP) is 4.53. The van der Waals surface area contributed by atoms with Crippen LogP contribution in [0.2, 0.25) is 0 Å². The Balaban J connectivity index is 2.95. The first kappa shape index (κ1) is 14.8. The number of rotatable bonds is 3. The Bertz CT molecular complexity index is 458. The summed E-state index contributed by atoms with van der Waals surface area (Å²) in [5, 5.41) is 0. The van der Waals surface area contributed by atoms with E-state index in [1.807, 2.05) is 27.7 Å². The van der Waals surface area contributed by atoms with E-state index in [2.05, 4.69) is 0 Å². The summed E-state index contributed by atoms with van der Waals surface area (Å²) in [6, 6.07) is 2.08. The van der Waals surface area contributed by atoms with Gasteiger partial charge >= 0.3 is 0 Å². The number of hydrogen-bond acceptors (Lipinski definition) is 1. The smallest absolute Gasteiger partial charge is 0.166 e. The lowest BCUT2D eigenvalue weighted by Crippen LogP contribution is -2.21. The fourth-order valence-electron chi connectivity index (χ4n) is 1.57. The molecule has 100 valence electrons. The summed E-state index contributed by atoms with van der Waals surface area (Å²) in [6.45, 7) is 9.61. The van der Waals surface area contributed by atoms with Crippen molar-refractivity contribution in [2.24, 2.45) is 11.3 Å². The Morgan fingerprint density at radius 1 is 1.22 bits per heavy atom. The first-order chi connectivity index (χ1) is 8.12. The van der Waals surface area contributed by atoms with Gasteiger partial charge in [-0.3, -0.25) is 4.79 Å². The Kier molecular flexibility index (Phi) is 4.25. The van der Waals surface area contributed by atoms with Crippen LogP contribution in [0.25, 0.3) is 0 Å². The minimum Gasteiger partial charge on any atom is -0.294 e. The zero-order chi connectivity index (χ0) is 14.1. The van der Waals surface area contributed by atoms with Crippen LogP contribution in [0, 0.1) is 29.9 Å². The second-order valence-corrected chi connectivity index (χ2v) is 5.98. The van der Waals surface area contributed by atoms with E-state index >= 15 is 0 Å². The molecule has 1 unspecified atom stereocenters. The highest BCUT2D eigenvalue weighted by atomic mass is 19.1. The van der Waals surface area contributed by atoms with Gasteiger partial charge in [0.05, 0.1) is 5.56 Å². The number of carbonyl (C=O) groups excluding carboxylic acids is 1. The maximum atomic E-state index is 13.6. The number of benzene rings is 1. The highest BCUT2D eigenvalue weighted by molar-refractivity contribution is 5.96. The van der Waals surface area contributed by atoms with Gasteiger partial charge in [-0.1, -0.05) is 27.7 Å². The van der Waals surface area contributed by atoms with Gasteiger partial charge in [-0.2, -0.15) is 0 Å². The van der Waals surface area contributed by atoms with Crippen molar-refractivity contribution in [3.05, 3.63) is 34.9 Å². The van der Waals surface area contributed by atoms with Crippen LogP contribution in [0.5, 0.6) is 0 Å². The minimum atomic E-state index is -0.774. The van der Waals surface area contributed by atoms with Gasteiger partial charge in [-0.05, 0) is 29.9 Å². The third-order valence-electron chi connectivity index (χ3n) is 3.52. The van der Waals surface area contributed by atoms with Gasteiger partial charge in [-0.25, -0.2) is 8.78 Å². The molecule has 1 nitrogen and oxygen atoms in total. The van der Waals surface area contributed by atoms with Gasteiger partial charge in [0.25, 0.3) is 0 Å². The largest absolute Gasteiger partial charge is 0.294 e. The molecular formula is C15H20F2O. The number of halogens is 2. The molecule has 0 heterocycles. The number of hydrogen-bond donors (Lipinski definition) is 0. The maximum Gasteiger partial charge on any atom is 0.166 e. The summed E-state index contributed by atoms with van der Waals surface area (Å²) in [5.41, 5.74) is 0.273. The van der Waals surface area contributed by atoms with Crippen LogP contribution in [0.3, 0.4) is 0 Å². The molecule has 0 saturated heterocycles. The molecule has 0 N–H and O–H groups in total. The SMILES string of the molecule is Cc1cc(C(=O)CC(C)C(C)(C)C)c(F)cc1F. The second kappa shape index (κ2) is 5.17. The molecule has 0 aliphatic rings. The second-order valence-electron chi connectivity index (χ2n) is 5.98. The Labute approximate surface area is 107 Å². The minimum absolute atomic E-state index is 0.00926. The van der Waals surface area contributed by atoms with Crippen molar-refractivity contribution >= 4 is 5.78 Å². The zero-order valence-electron chi connectivity index (χ0n) is 11.6. The van der Waals surface area contributed by atoms with E-state index in [-0.39, 0.29) is 29.1 Å². The number of Topliss-reactive ketones (excluding diaryl/α,β-unsaturated/α-hetero) is 1. The van der Waals surface area contributed by atoms with E-state index in [1.165, 1.54) is 13.0 Å². The van der Waals surface area contributed by atoms with Crippen LogP contribution >= 0.6 is 0 Å². The van der Waals surface area contributed by atoms with Crippen molar-refractivity contribution in [2.75, 3.05) is 0 Å². The quantitative estimate of drug-likeness (QED) is 0.724. The van der Waals surface area contributed by atoms with Crippen LogP contribution in [0.1, 0.15) is 50.0 Å². The fraction of sp³-hybridized carbons (Fsp3) is 0.533. The molecule has 1 rings (SSSR count). The lowest BCUT2D eigenvalue weighted by Gasteiger charge is -2.26. The van der Waals surface area contributed by atoms with Crippen LogP contribution in [0.4, 0.5) is 8.78 Å². The van der Waals surface area contributed by atoms with Gasteiger partial charge in [0.1, 0.15) is 11.6 Å². The average molecular weight is 254 g/mol. The van der Waals surface area contributed by atoms with Gasteiger partial charge in [0.2, 0.25) is 0 Å². The topological polar surface area (TPSA) is 17.1 Å². The van der Waals surface area contributed by atoms with Gasteiger partial charge in [0.15, 0.2) is 5.78 Å². The molecule has 0 fully saturated rings. The van der Waals surface area contributed by atoms with Crippen molar-refractivity contribution < 1.29 is 13.6 Å². The summed E-state index contributed by atoms with van der Waals surface area (Å²) >= 11 is 0. The lowest BCUT2D eigenvalue weighted by molar-refractivity contribution is 0.0923. The van der Waals surface area contributed by atoms with E-state index < -0.39 is 11.6 Å². The van der Waals surface area contributed by atoms with Crippen molar-refractivity contribution in [2.45, 2.75) is 41.0 Å². The molecule has 0 spiro atoms. The standard InChI is InChI=1S/C15H20F2O/c1-9-6-11(13(17)8-12(9)16)14(18)7-10(2)15(3,4)5/h6,8,10H,7H2,1-5H3. The molecule has 1 aromatic rings. The maximum absolute atomic E-state index is 13.6. The van der Waals surface area contributed by atoms with Crippen LogP contribution < -0.4 is 0 Å². The summed E-state index contributed by atoms with van der Waals surface area (Å²) in [6.07, 6.45) is 0.269. The number of ketones is 1. The lowest BCUT2D eigenvalue weighted by atomic mass is 9.78. The van der Waals surface area contributed by atoms with E-state index in [0.717, 1.165) is 6.07 Å². The fourth-order valence-corrected chi connectivity index (χ4v) is 1.57. The van der Waals surface area contributed by atoms with Gasteiger partial charge < -0.3 is 0 Å². The van der Waals surface area contributed by atoms with E-state index in [1.54, 1.807) is 0 Å². The number of carbonyl (C=O) groups is 1. The summed E-state index contributed by atoms with van der Waals surface area (Å²) in [4.78, 5) is 12.0. The third kappa shape index (κ3) is 3.37. The molecule has 18 heavy (non-hydrogen) atoms. The summed E-state index contributed by atoms with van der Waals surface area (Å²) in [7, 11) is 0. The van der Waals surface area contributed by atoms with Gasteiger partial charge in [0, 0.05) is 12.5 Å². The zero-order valence-corrected chi connectivity index (χ0v) is 11.6. The molecule has 0 aliphatic heterocycles.